The first-order chi connectivity index (χ1) is 12.1. The molecule has 0 aliphatic carbocycles. The van der Waals surface area contributed by atoms with Crippen molar-refractivity contribution < 1.29 is 14.3 Å². The number of methoxy groups -OCH3 is 1. The largest absolute Gasteiger partial charge is 0.435 e. The highest BCUT2D eigenvalue weighted by atomic mass is 32.2. The maximum atomic E-state index is 12.4. The average Bonchev–Trinajstić information content (AvgIpc) is 2.67. The second-order valence-corrected chi connectivity index (χ2v) is 7.59. The lowest BCUT2D eigenvalue weighted by Gasteiger charge is -2.15. The third kappa shape index (κ3) is 4.75. The molecule has 25 heavy (non-hydrogen) atoms. The summed E-state index contributed by atoms with van der Waals surface area (Å²) in [6.07, 6.45) is 0. The molecule has 0 heterocycles. The second kappa shape index (κ2) is 9.11. The molecule has 0 aliphatic rings. The maximum absolute atomic E-state index is 12.4. The van der Waals surface area contributed by atoms with E-state index in [-0.39, 0.29) is 18.0 Å². The van der Waals surface area contributed by atoms with Crippen molar-refractivity contribution in [1.29, 1.82) is 5.26 Å². The van der Waals surface area contributed by atoms with Crippen LogP contribution in [0.1, 0.15) is 12.5 Å². The van der Waals surface area contributed by atoms with Gasteiger partial charge in [-0.05, 0) is 55.5 Å². The zero-order valence-corrected chi connectivity index (χ0v) is 15.3. The molecule has 0 aliphatic heterocycles. The number of hydrogen-bond donors (Lipinski definition) is 1. The monoisotopic (exact) mass is 357 g/mol. The van der Waals surface area contributed by atoms with Gasteiger partial charge in [-0.15, -0.1) is 0 Å². The van der Waals surface area contributed by atoms with Crippen LogP contribution < -0.4 is 5.32 Å². The number of benzene rings is 2. The quantitative estimate of drug-likeness (QED) is 0.468. The molecule has 1 N–H and O–H groups in total. The van der Waals surface area contributed by atoms with E-state index in [0.717, 1.165) is 15.5 Å². The molecule has 0 amide bonds. The lowest BCUT2D eigenvalue weighted by atomic mass is 10.2. The van der Waals surface area contributed by atoms with Gasteiger partial charge in [-0.1, -0.05) is 0 Å². The summed E-state index contributed by atoms with van der Waals surface area (Å²) in [5.41, 5.74) is 1.59. The number of carbonyl (C=O) groups excluding carboxylic acids is 1. The molecule has 0 fully saturated rings. The van der Waals surface area contributed by atoms with E-state index in [4.69, 9.17) is 14.7 Å². The minimum absolute atomic E-state index is 0.0631. The van der Waals surface area contributed by atoms with Gasteiger partial charge in [0, 0.05) is 19.8 Å². The highest BCUT2D eigenvalue weighted by Gasteiger charge is 2.38. The predicted octanol–water partition coefficient (Wildman–Crippen LogP) is 3.17. The van der Waals surface area contributed by atoms with Crippen molar-refractivity contribution in [2.24, 2.45) is 0 Å². The third-order valence-corrected chi connectivity index (χ3v) is 6.10. The van der Waals surface area contributed by atoms with Gasteiger partial charge >= 0.3 is 5.97 Å². The Labute approximate surface area is 150 Å². The summed E-state index contributed by atoms with van der Waals surface area (Å²) in [6.45, 7) is 1.79. The lowest BCUT2D eigenvalue weighted by Crippen LogP contribution is -2.30. The van der Waals surface area contributed by atoms with Crippen LogP contribution in [0.15, 0.2) is 58.3 Å². The lowest BCUT2D eigenvalue weighted by molar-refractivity contribution is -0.153. The summed E-state index contributed by atoms with van der Waals surface area (Å²) in [6, 6.07) is 17.4. The number of carbonyl (C=O) groups is 1. The van der Waals surface area contributed by atoms with Gasteiger partial charge in [0.05, 0.1) is 22.5 Å². The van der Waals surface area contributed by atoms with Crippen LogP contribution >= 0.6 is 0 Å². The third-order valence-electron chi connectivity index (χ3n) is 3.64. The number of esters is 1. The van der Waals surface area contributed by atoms with Gasteiger partial charge in [-0.25, -0.2) is 4.79 Å². The van der Waals surface area contributed by atoms with Crippen molar-refractivity contribution in [1.82, 2.24) is 0 Å². The highest BCUT2D eigenvalue weighted by molar-refractivity contribution is 7.98. The van der Waals surface area contributed by atoms with Crippen molar-refractivity contribution in [2.45, 2.75) is 22.0 Å². The van der Waals surface area contributed by atoms with E-state index in [0.29, 0.717) is 5.56 Å². The van der Waals surface area contributed by atoms with E-state index in [1.807, 2.05) is 50.4 Å². The molecule has 0 radical (unpaired) electrons. The van der Waals surface area contributed by atoms with Gasteiger partial charge in [0.25, 0.3) is 0 Å². The summed E-state index contributed by atoms with van der Waals surface area (Å²) in [7, 11) is 2.82. The molecule has 2 aromatic carbocycles. The van der Waals surface area contributed by atoms with E-state index < -0.39 is 10.9 Å². The Balaban J connectivity index is 2.38. The summed E-state index contributed by atoms with van der Waals surface area (Å²) in [5.74, 6) is -0.313. The molecule has 0 aromatic heterocycles. The van der Waals surface area contributed by atoms with Crippen LogP contribution in [0.25, 0.3) is 0 Å². The first-order valence-corrected chi connectivity index (χ1v) is 9.06. The molecule has 2 atom stereocenters. The van der Waals surface area contributed by atoms with Crippen molar-refractivity contribution in [3.63, 3.8) is 0 Å². The summed E-state index contributed by atoms with van der Waals surface area (Å²) >= 11 is 0. The molecule has 130 valence electrons. The molecule has 0 saturated heterocycles. The smallest absolute Gasteiger partial charge is 0.362 e. The standard InChI is InChI=1S/C19H21N2O3S/c1-14(19(22)24-13-23-3)25(17-8-4-15(12-20)5-9-17)18-10-6-16(21-2)7-11-18/h4-11,14,21H,13H2,1-3H3/q+1. The molecule has 5 nitrogen and oxygen atoms in total. The number of nitrogens with one attached hydrogen (secondary N) is 1. The molecule has 2 aromatic rings. The van der Waals surface area contributed by atoms with E-state index >= 15 is 0 Å². The fourth-order valence-electron chi connectivity index (χ4n) is 2.32. The number of anilines is 1. The molecular weight excluding hydrogens is 336 g/mol. The minimum Gasteiger partial charge on any atom is -0.435 e. The fraction of sp³-hybridized carbons (Fsp3) is 0.263. The van der Waals surface area contributed by atoms with Gasteiger partial charge in [0.2, 0.25) is 5.25 Å². The van der Waals surface area contributed by atoms with Crippen LogP contribution in [0.5, 0.6) is 0 Å². The van der Waals surface area contributed by atoms with Gasteiger partial charge < -0.3 is 14.8 Å². The number of nitriles is 1. The summed E-state index contributed by atoms with van der Waals surface area (Å²) < 4.78 is 9.98. The van der Waals surface area contributed by atoms with Crippen LogP contribution in [-0.4, -0.2) is 32.2 Å². The Hall–Kier alpha value is -2.49. The normalized spacial score (nSPS) is 12.7. The van der Waals surface area contributed by atoms with Crippen LogP contribution in [0.4, 0.5) is 5.69 Å². The SMILES string of the molecule is CNc1ccc([S+](c2ccc(C#N)cc2)C(C)C(=O)OCOC)cc1. The first-order valence-electron chi connectivity index (χ1n) is 7.77. The molecule has 0 spiro atoms. The molecule has 6 heteroatoms. The summed E-state index contributed by atoms with van der Waals surface area (Å²) in [5, 5.41) is 11.7. The van der Waals surface area contributed by atoms with E-state index in [9.17, 15) is 4.79 Å². The Morgan fingerprint density at radius 1 is 1.16 bits per heavy atom. The number of rotatable bonds is 7. The second-order valence-electron chi connectivity index (χ2n) is 5.26. The van der Waals surface area contributed by atoms with E-state index in [1.54, 1.807) is 12.1 Å². The Bertz CT molecular complexity index is 739. The molecular formula is C19H21N2O3S+. The highest BCUT2D eigenvalue weighted by Crippen LogP contribution is 2.29. The van der Waals surface area contributed by atoms with Gasteiger partial charge in [0.15, 0.2) is 16.6 Å². The van der Waals surface area contributed by atoms with Crippen LogP contribution in [-0.2, 0) is 25.2 Å². The van der Waals surface area contributed by atoms with E-state index in [2.05, 4.69) is 11.4 Å². The summed E-state index contributed by atoms with van der Waals surface area (Å²) in [4.78, 5) is 14.4. The topological polar surface area (TPSA) is 71.4 Å². The fourth-order valence-corrected chi connectivity index (χ4v) is 4.53. The zero-order chi connectivity index (χ0) is 18.2. The van der Waals surface area contributed by atoms with E-state index in [1.165, 1.54) is 7.11 Å². The molecule has 2 unspecified atom stereocenters. The Morgan fingerprint density at radius 3 is 2.20 bits per heavy atom. The van der Waals surface area contributed by atoms with Crippen LogP contribution in [0.2, 0.25) is 0 Å². The van der Waals surface area contributed by atoms with Crippen molar-refractivity contribution in [2.75, 3.05) is 26.3 Å². The Morgan fingerprint density at radius 2 is 1.72 bits per heavy atom. The van der Waals surface area contributed by atoms with Crippen LogP contribution in [0, 0.1) is 11.3 Å². The molecule has 0 saturated carbocycles. The number of ether oxygens (including phenoxy) is 2. The maximum Gasteiger partial charge on any atom is 0.362 e. The van der Waals surface area contributed by atoms with Gasteiger partial charge in [0.1, 0.15) is 0 Å². The van der Waals surface area contributed by atoms with Crippen molar-refractivity contribution in [3.05, 3.63) is 54.1 Å². The van der Waals surface area contributed by atoms with Gasteiger partial charge in [-0.3, -0.25) is 0 Å². The van der Waals surface area contributed by atoms with Crippen LogP contribution in [0.3, 0.4) is 0 Å². The molecule has 0 bridgehead atoms. The average molecular weight is 357 g/mol. The minimum atomic E-state index is -0.517. The Kier molecular flexibility index (Phi) is 6.87. The van der Waals surface area contributed by atoms with Crippen molar-refractivity contribution >= 4 is 22.6 Å². The molecule has 2 rings (SSSR count). The first kappa shape index (κ1) is 18.8. The number of nitrogens with zero attached hydrogens (tertiary/aromatic N) is 1. The zero-order valence-electron chi connectivity index (χ0n) is 14.5. The van der Waals surface area contributed by atoms with Crippen molar-refractivity contribution in [3.8, 4) is 6.07 Å². The predicted molar refractivity (Wildman–Crippen MR) is 98.5 cm³/mol. The number of hydrogen-bond acceptors (Lipinski definition) is 5. The van der Waals surface area contributed by atoms with Gasteiger partial charge in [-0.2, -0.15) is 5.26 Å².